The van der Waals surface area contributed by atoms with E-state index in [2.05, 4.69) is 27.9 Å². The number of nitrogens with zero attached hydrogens (tertiary/aromatic N) is 3. The fourth-order valence-corrected chi connectivity index (χ4v) is 6.69. The van der Waals surface area contributed by atoms with Crippen LogP contribution in [0.3, 0.4) is 0 Å². The van der Waals surface area contributed by atoms with Crippen LogP contribution < -0.4 is 0 Å². The maximum absolute atomic E-state index is 13.2. The lowest BCUT2D eigenvalue weighted by Crippen LogP contribution is -2.40. The molecule has 164 valence electrons. The molecule has 3 fully saturated rings. The van der Waals surface area contributed by atoms with Crippen molar-refractivity contribution in [2.45, 2.75) is 13.0 Å². The van der Waals surface area contributed by atoms with E-state index in [0.717, 1.165) is 38.5 Å². The van der Waals surface area contributed by atoms with Gasteiger partial charge in [-0.05, 0) is 47.8 Å². The molecule has 2 amide bonds. The highest BCUT2D eigenvalue weighted by atomic mass is 35.5. The Hall–Kier alpha value is -3.18. The predicted molar refractivity (Wildman–Crippen MR) is 127 cm³/mol. The summed E-state index contributed by atoms with van der Waals surface area (Å²) in [6.45, 7) is 0.623. The highest BCUT2D eigenvalue weighted by Gasteiger charge is 2.67. The van der Waals surface area contributed by atoms with Gasteiger partial charge < -0.3 is 4.57 Å². The SMILES string of the molecule is O=C1[C@@H]2[C@@H]3C=C[C@H]([C@@H]4C[C@H]34)[C@@H]2C(=O)N1/N=C\c1cn(Cc2ccccc2Cl)c2ccccc12. The molecule has 3 aromatic rings. The summed E-state index contributed by atoms with van der Waals surface area (Å²) in [5.41, 5.74) is 2.95. The fraction of sp³-hybridized carbons (Fsp3) is 0.296. The van der Waals surface area contributed by atoms with Crippen LogP contribution in [0, 0.1) is 35.5 Å². The summed E-state index contributed by atoms with van der Waals surface area (Å²) in [5.74, 6) is 0.870. The number of para-hydroxylation sites is 1. The molecule has 0 unspecified atom stereocenters. The van der Waals surface area contributed by atoms with Crippen LogP contribution in [0.2, 0.25) is 5.02 Å². The van der Waals surface area contributed by atoms with Crippen molar-refractivity contribution in [3.8, 4) is 0 Å². The maximum Gasteiger partial charge on any atom is 0.254 e. The molecule has 1 saturated heterocycles. The summed E-state index contributed by atoms with van der Waals surface area (Å²) in [5, 5.41) is 7.34. The van der Waals surface area contributed by atoms with Gasteiger partial charge in [0.05, 0.1) is 18.1 Å². The van der Waals surface area contributed by atoms with E-state index < -0.39 is 0 Å². The molecule has 5 aliphatic rings. The molecule has 8 rings (SSSR count). The molecule has 5 nitrogen and oxygen atoms in total. The largest absolute Gasteiger partial charge is 0.342 e. The van der Waals surface area contributed by atoms with Gasteiger partial charge in [-0.15, -0.1) is 0 Å². The van der Waals surface area contributed by atoms with Gasteiger partial charge in [-0.1, -0.05) is 60.2 Å². The predicted octanol–water partition coefficient (Wildman–Crippen LogP) is 4.73. The first-order valence-corrected chi connectivity index (χ1v) is 11.9. The zero-order valence-corrected chi connectivity index (χ0v) is 18.6. The third-order valence-corrected chi connectivity index (χ3v) is 8.44. The minimum absolute atomic E-state index is 0.134. The van der Waals surface area contributed by atoms with Gasteiger partial charge in [0.2, 0.25) is 0 Å². The van der Waals surface area contributed by atoms with Crippen molar-refractivity contribution in [1.82, 2.24) is 9.58 Å². The van der Waals surface area contributed by atoms with Crippen molar-refractivity contribution in [3.63, 3.8) is 0 Å². The van der Waals surface area contributed by atoms with Gasteiger partial charge in [0.1, 0.15) is 0 Å². The van der Waals surface area contributed by atoms with Crippen molar-refractivity contribution in [1.29, 1.82) is 0 Å². The number of imide groups is 1. The molecule has 0 radical (unpaired) electrons. The van der Waals surface area contributed by atoms with Crippen LogP contribution in [0.15, 0.2) is 72.0 Å². The summed E-state index contributed by atoms with van der Waals surface area (Å²) >= 11 is 6.39. The van der Waals surface area contributed by atoms with E-state index in [1.807, 2.05) is 48.7 Å². The number of carbonyl (C=O) groups is 2. The Morgan fingerprint density at radius 1 is 0.939 bits per heavy atom. The lowest BCUT2D eigenvalue weighted by atomic mass is 9.63. The zero-order chi connectivity index (χ0) is 22.3. The second-order valence-electron chi connectivity index (χ2n) is 9.71. The molecular formula is C27H22ClN3O2. The number of allylic oxidation sites excluding steroid dienone is 2. The Balaban J connectivity index is 1.22. The first-order valence-electron chi connectivity index (χ1n) is 11.5. The van der Waals surface area contributed by atoms with Crippen LogP contribution in [0.1, 0.15) is 17.5 Å². The first kappa shape index (κ1) is 19.3. The first-order chi connectivity index (χ1) is 16.1. The van der Waals surface area contributed by atoms with Crippen LogP contribution in [-0.4, -0.2) is 27.6 Å². The van der Waals surface area contributed by atoms with Crippen molar-refractivity contribution in [2.75, 3.05) is 0 Å². The average Bonchev–Trinajstić information content (AvgIpc) is 3.54. The van der Waals surface area contributed by atoms with Crippen LogP contribution >= 0.6 is 11.6 Å². The summed E-state index contributed by atoms with van der Waals surface area (Å²) in [6, 6.07) is 15.9. The van der Waals surface area contributed by atoms with Crippen molar-refractivity contribution in [3.05, 3.63) is 83.0 Å². The van der Waals surface area contributed by atoms with Crippen molar-refractivity contribution in [2.24, 2.45) is 40.6 Å². The summed E-state index contributed by atoms with van der Waals surface area (Å²) in [7, 11) is 0. The van der Waals surface area contributed by atoms with Crippen LogP contribution in [0.25, 0.3) is 10.9 Å². The number of hydrogen-bond acceptors (Lipinski definition) is 3. The van der Waals surface area contributed by atoms with Gasteiger partial charge >= 0.3 is 0 Å². The summed E-state index contributed by atoms with van der Waals surface area (Å²) in [6.07, 6.45) is 9.19. The molecule has 6 atom stereocenters. The third-order valence-electron chi connectivity index (χ3n) is 8.07. The second kappa shape index (κ2) is 6.91. The Morgan fingerprint density at radius 2 is 1.61 bits per heavy atom. The van der Waals surface area contributed by atoms with E-state index in [9.17, 15) is 9.59 Å². The third kappa shape index (κ3) is 2.75. The number of aromatic nitrogens is 1. The number of fused-ring (bicyclic) bond motifs is 1. The van der Waals surface area contributed by atoms with Crippen molar-refractivity contribution >= 4 is 40.5 Å². The molecule has 0 N–H and O–H groups in total. The van der Waals surface area contributed by atoms with E-state index in [0.29, 0.717) is 18.4 Å². The van der Waals surface area contributed by atoms with Gasteiger partial charge in [0, 0.05) is 34.2 Å². The lowest BCUT2D eigenvalue weighted by Gasteiger charge is -2.37. The standard InChI is InChI=1S/C27H22ClN3O2/c28-22-7-3-1-5-15(22)13-30-14-16(17-6-2-4-8-23(17)30)12-29-31-26(32)24-18-9-10-19(21-11-20(18)21)25(24)27(31)33/h1-10,12,14,18-21,24-25H,11,13H2/b29-12-/t18-,19-,20-,21+,24-,25+/m1/s1. The summed E-state index contributed by atoms with van der Waals surface area (Å²) < 4.78 is 2.13. The normalized spacial score (nSPS) is 31.6. The van der Waals surface area contributed by atoms with Gasteiger partial charge in [0.15, 0.2) is 0 Å². The molecule has 1 aromatic heterocycles. The zero-order valence-electron chi connectivity index (χ0n) is 17.8. The number of carbonyl (C=O) groups excluding carboxylic acids is 2. The van der Waals surface area contributed by atoms with Crippen LogP contribution in [-0.2, 0) is 16.1 Å². The Kier molecular flexibility index (Phi) is 4.04. The molecule has 2 heterocycles. The van der Waals surface area contributed by atoms with E-state index in [1.165, 1.54) is 0 Å². The van der Waals surface area contributed by atoms with E-state index in [1.54, 1.807) is 6.21 Å². The number of hydrazone groups is 1. The molecule has 1 aliphatic heterocycles. The number of benzene rings is 2. The van der Waals surface area contributed by atoms with E-state index in [4.69, 9.17) is 11.6 Å². The van der Waals surface area contributed by atoms with Gasteiger partial charge in [-0.3, -0.25) is 9.59 Å². The molecule has 2 aromatic carbocycles. The second-order valence-corrected chi connectivity index (χ2v) is 10.1. The lowest BCUT2D eigenvalue weighted by molar-refractivity contribution is -0.140. The molecule has 33 heavy (non-hydrogen) atoms. The fourth-order valence-electron chi connectivity index (χ4n) is 6.49. The Morgan fingerprint density at radius 3 is 2.33 bits per heavy atom. The molecule has 2 saturated carbocycles. The quantitative estimate of drug-likeness (QED) is 0.324. The molecular weight excluding hydrogens is 434 g/mol. The number of rotatable bonds is 4. The highest BCUT2D eigenvalue weighted by molar-refractivity contribution is 6.31. The van der Waals surface area contributed by atoms with E-state index >= 15 is 0 Å². The highest BCUT2D eigenvalue weighted by Crippen LogP contribution is 2.65. The maximum atomic E-state index is 13.2. The number of hydrogen-bond donors (Lipinski definition) is 0. The van der Waals surface area contributed by atoms with Crippen molar-refractivity contribution < 1.29 is 9.59 Å². The number of amides is 2. The van der Waals surface area contributed by atoms with Gasteiger partial charge in [-0.25, -0.2) is 0 Å². The molecule has 4 aliphatic carbocycles. The number of halogens is 1. The minimum atomic E-state index is -0.227. The molecule has 6 heteroatoms. The Labute approximate surface area is 196 Å². The topological polar surface area (TPSA) is 54.7 Å². The molecule has 0 spiro atoms. The molecule has 2 bridgehead atoms. The smallest absolute Gasteiger partial charge is 0.254 e. The minimum Gasteiger partial charge on any atom is -0.342 e. The summed E-state index contributed by atoms with van der Waals surface area (Å²) in [4.78, 5) is 26.4. The van der Waals surface area contributed by atoms with E-state index in [-0.39, 0.29) is 35.5 Å². The Bertz CT molecular complexity index is 1350. The van der Waals surface area contributed by atoms with Gasteiger partial charge in [-0.2, -0.15) is 10.1 Å². The monoisotopic (exact) mass is 455 g/mol. The van der Waals surface area contributed by atoms with Gasteiger partial charge in [0.25, 0.3) is 11.8 Å². The average molecular weight is 456 g/mol. The van der Waals surface area contributed by atoms with Crippen LogP contribution in [0.5, 0.6) is 0 Å². The van der Waals surface area contributed by atoms with Crippen LogP contribution in [0.4, 0.5) is 0 Å².